The number of fused-ring (bicyclic) bond motifs is 3. The van der Waals surface area contributed by atoms with Crippen LogP contribution in [0.3, 0.4) is 0 Å². The lowest BCUT2D eigenvalue weighted by Crippen LogP contribution is -2.09. The van der Waals surface area contributed by atoms with Crippen LogP contribution in [-0.4, -0.2) is 36.9 Å². The Morgan fingerprint density at radius 1 is 0.400 bits per heavy atom. The second-order valence-corrected chi connectivity index (χ2v) is 14.3. The smallest absolute Gasteiger partial charge is 0.114 e. The van der Waals surface area contributed by atoms with Gasteiger partial charge in [-0.25, -0.2) is 0 Å². The van der Waals surface area contributed by atoms with Crippen LogP contribution in [-0.2, 0) is 0 Å². The number of nitrogens with zero attached hydrogens (tertiary/aromatic N) is 4. The van der Waals surface area contributed by atoms with E-state index < -0.39 is 0 Å². The lowest BCUT2D eigenvalue weighted by molar-refractivity contribution is 1.14. The molecule has 0 aliphatic carbocycles. The van der Waals surface area contributed by atoms with E-state index in [1.54, 1.807) is 0 Å². The molecule has 5 aromatic carbocycles. The Morgan fingerprint density at radius 3 is 1.16 bits per heavy atom. The van der Waals surface area contributed by atoms with E-state index >= 15 is 0 Å². The molecule has 4 nitrogen and oxygen atoms in total. The van der Waals surface area contributed by atoms with E-state index in [-0.39, 0.29) is 0 Å². The van der Waals surface area contributed by atoms with E-state index in [4.69, 9.17) is 8.75 Å². The highest BCUT2D eigenvalue weighted by atomic mass is 32.1. The Balaban J connectivity index is 1.17. The number of hydrogen-bond acceptors (Lipinski definition) is 7. The predicted molar refractivity (Wildman–Crippen MR) is 199 cm³/mol. The van der Waals surface area contributed by atoms with Gasteiger partial charge in [0.25, 0.3) is 0 Å². The molecule has 3 aromatic heterocycles. The van der Waals surface area contributed by atoms with Crippen LogP contribution in [0.25, 0.3) is 74.3 Å². The zero-order chi connectivity index (χ0) is 30.7. The van der Waals surface area contributed by atoms with Crippen molar-refractivity contribution in [3.63, 3.8) is 0 Å². The third-order valence-electron chi connectivity index (χ3n) is 8.45. The molecule has 0 atom stereocenters. The molecule has 0 bridgehead atoms. The Hall–Kier alpha value is -4.56. The van der Waals surface area contributed by atoms with Crippen LogP contribution in [0, 0.1) is 0 Å². The maximum atomic E-state index is 4.81. The first-order chi connectivity index (χ1) is 22.0. The fraction of sp³-hybridized carbons (Fsp3) is 0.105. The first-order valence-electron chi connectivity index (χ1n) is 14.8. The van der Waals surface area contributed by atoms with Crippen LogP contribution in [0.4, 0.5) is 11.4 Å². The van der Waals surface area contributed by atoms with E-state index in [0.717, 1.165) is 22.2 Å². The summed E-state index contributed by atoms with van der Waals surface area (Å²) in [6.07, 6.45) is 0. The number of hydrogen-bond donors (Lipinski definition) is 0. The third-order valence-corrected chi connectivity index (χ3v) is 11.3. The van der Waals surface area contributed by atoms with E-state index in [0.29, 0.717) is 0 Å². The molecule has 0 aliphatic heterocycles. The number of anilines is 2. The van der Waals surface area contributed by atoms with Gasteiger partial charge in [-0.2, -0.15) is 8.75 Å². The van der Waals surface area contributed by atoms with Gasteiger partial charge in [-0.1, -0.05) is 72.8 Å². The van der Waals surface area contributed by atoms with E-state index in [1.807, 2.05) is 22.7 Å². The molecule has 0 saturated carbocycles. The minimum Gasteiger partial charge on any atom is -0.377 e. The molecule has 0 aliphatic rings. The van der Waals surface area contributed by atoms with Crippen LogP contribution in [0.1, 0.15) is 0 Å². The van der Waals surface area contributed by atoms with Crippen molar-refractivity contribution in [1.29, 1.82) is 0 Å². The van der Waals surface area contributed by atoms with E-state index in [9.17, 15) is 0 Å². The molecule has 3 heterocycles. The zero-order valence-electron chi connectivity index (χ0n) is 25.4. The Bertz CT molecular complexity index is 2200. The van der Waals surface area contributed by atoms with Gasteiger partial charge in [0.1, 0.15) is 11.0 Å². The second kappa shape index (κ2) is 11.1. The van der Waals surface area contributed by atoms with Gasteiger partial charge in [0.05, 0.1) is 11.7 Å². The molecule has 0 fully saturated rings. The molecule has 0 spiro atoms. The topological polar surface area (TPSA) is 32.3 Å². The van der Waals surface area contributed by atoms with Crippen LogP contribution < -0.4 is 9.80 Å². The van der Waals surface area contributed by atoms with Crippen molar-refractivity contribution in [2.75, 3.05) is 38.0 Å². The third kappa shape index (κ3) is 4.70. The van der Waals surface area contributed by atoms with Crippen molar-refractivity contribution in [2.45, 2.75) is 0 Å². The normalized spacial score (nSPS) is 11.6. The molecule has 0 radical (unpaired) electrons. The summed E-state index contributed by atoms with van der Waals surface area (Å²) >= 11 is 4.92. The Kier molecular flexibility index (Phi) is 6.90. The lowest BCUT2D eigenvalue weighted by Gasteiger charge is -2.17. The van der Waals surface area contributed by atoms with Gasteiger partial charge >= 0.3 is 0 Å². The minimum absolute atomic E-state index is 0.967. The van der Waals surface area contributed by atoms with Gasteiger partial charge in [-0.05, 0) is 58.3 Å². The highest BCUT2D eigenvalue weighted by Crippen LogP contribution is 2.45. The van der Waals surface area contributed by atoms with Crippen molar-refractivity contribution < 1.29 is 0 Å². The summed E-state index contributed by atoms with van der Waals surface area (Å²) in [6, 6.07) is 39.7. The minimum atomic E-state index is 0.967. The molecular weight excluding hydrogens is 609 g/mol. The second-order valence-electron chi connectivity index (χ2n) is 11.6. The molecule has 8 aromatic rings. The maximum absolute atomic E-state index is 4.81. The summed E-state index contributed by atoms with van der Waals surface area (Å²) in [4.78, 5) is 9.27. The lowest BCUT2D eigenvalue weighted by atomic mass is 10.0. The number of rotatable bonds is 6. The highest BCUT2D eigenvalue weighted by molar-refractivity contribution is 7.19. The van der Waals surface area contributed by atoms with Crippen molar-refractivity contribution in [2.24, 2.45) is 0 Å². The molecular formula is C38H30N4S3. The summed E-state index contributed by atoms with van der Waals surface area (Å²) in [5.41, 5.74) is 9.18. The summed E-state index contributed by atoms with van der Waals surface area (Å²) in [7, 11) is 8.40. The van der Waals surface area contributed by atoms with Crippen molar-refractivity contribution in [3.05, 3.63) is 109 Å². The average molecular weight is 639 g/mol. The van der Waals surface area contributed by atoms with Crippen molar-refractivity contribution in [1.82, 2.24) is 8.75 Å². The fourth-order valence-corrected chi connectivity index (χ4v) is 9.01. The van der Waals surface area contributed by atoms with Gasteiger partial charge in [0.15, 0.2) is 0 Å². The summed E-state index contributed by atoms with van der Waals surface area (Å²) in [6.45, 7) is 0. The van der Waals surface area contributed by atoms with Crippen molar-refractivity contribution in [3.8, 4) is 41.8 Å². The standard InChI is InChI=1S/C38H30N4S3/c1-41(2)31-17-15-27(23-9-5-7-11-25(23)31)33-19-21-35(43-33)29-13-14-30(38-37(29)39-45-40-38)36-22-20-34(44-36)28-16-18-32(42(3)4)26-12-8-6-10-24(26)28/h5-22H,1-4H3. The Labute approximate surface area is 274 Å². The van der Waals surface area contributed by atoms with Crippen LogP contribution >= 0.6 is 34.4 Å². The van der Waals surface area contributed by atoms with Gasteiger partial charge in [-0.15, -0.1) is 22.7 Å². The first-order valence-corrected chi connectivity index (χ1v) is 17.2. The van der Waals surface area contributed by atoms with Gasteiger partial charge in [-0.3, -0.25) is 0 Å². The van der Waals surface area contributed by atoms with Gasteiger partial charge in [0, 0.05) is 81.0 Å². The molecule has 0 saturated heterocycles. The number of thiophene rings is 2. The van der Waals surface area contributed by atoms with Crippen LogP contribution in [0.2, 0.25) is 0 Å². The summed E-state index contributed by atoms with van der Waals surface area (Å²) in [5.74, 6) is 0. The summed E-state index contributed by atoms with van der Waals surface area (Å²) < 4.78 is 9.62. The van der Waals surface area contributed by atoms with E-state index in [1.165, 1.54) is 75.3 Å². The maximum Gasteiger partial charge on any atom is 0.114 e. The first kappa shape index (κ1) is 28.0. The highest BCUT2D eigenvalue weighted by Gasteiger charge is 2.18. The molecule has 8 rings (SSSR count). The quantitative estimate of drug-likeness (QED) is 0.181. The predicted octanol–water partition coefficient (Wildman–Crippen LogP) is 10.9. The van der Waals surface area contributed by atoms with Gasteiger partial charge in [0.2, 0.25) is 0 Å². The Morgan fingerprint density at radius 2 is 0.756 bits per heavy atom. The monoisotopic (exact) mass is 638 g/mol. The molecule has 0 amide bonds. The molecule has 7 heteroatoms. The summed E-state index contributed by atoms with van der Waals surface area (Å²) in [5, 5.41) is 5.07. The molecule has 0 N–H and O–H groups in total. The van der Waals surface area contributed by atoms with Crippen LogP contribution in [0.15, 0.2) is 109 Å². The fourth-order valence-electron chi connectivity index (χ4n) is 6.29. The van der Waals surface area contributed by atoms with Crippen LogP contribution in [0.5, 0.6) is 0 Å². The SMILES string of the molecule is CN(C)c1ccc(-c2ccc(-c3ccc(-c4ccc(-c5ccc(N(C)C)c6ccccc56)s4)c4nsnc34)s2)c2ccccc12. The van der Waals surface area contributed by atoms with E-state index in [2.05, 4.69) is 147 Å². The molecule has 45 heavy (non-hydrogen) atoms. The molecule has 220 valence electrons. The average Bonchev–Trinajstić information content (AvgIpc) is 3.85. The van der Waals surface area contributed by atoms with Crippen molar-refractivity contribution >= 4 is 78.4 Å². The number of aromatic nitrogens is 2. The zero-order valence-corrected chi connectivity index (χ0v) is 27.9. The van der Waals surface area contributed by atoms with Gasteiger partial charge < -0.3 is 9.80 Å². The number of benzene rings is 5. The molecule has 0 unspecified atom stereocenters. The largest absolute Gasteiger partial charge is 0.377 e.